The lowest BCUT2D eigenvalue weighted by Gasteiger charge is -2.15. The van der Waals surface area contributed by atoms with Crippen molar-refractivity contribution in [1.82, 2.24) is 0 Å². The standard InChI is InChI=1S/C65H110O5/c1-3-5-7-9-11-13-15-17-19-20-21-22-23-24-25-26-27-28-29-30-31-32-33-34-35-36-37-38-39-40-41-42-43-44-46-48-50-52-54-56-58-60-65(68)70-63(61-66)62-69-64(67)59-57-55-53-51-49-47-45-18-16-14-12-10-8-6-4-2/h5,7,11-14,17-19,21-22,24-25,27-28,30-31,45,63,66H,3-4,6,8-10,15-16,20,23,26,29,32-44,46-62H2,1-2H3/b7-5-,13-11-,14-12-,19-17-,22-21-,25-24-,28-27-,31-30-,45-18-. The molecule has 0 bridgehead atoms. The third-order valence-electron chi connectivity index (χ3n) is 12.6. The molecule has 0 spiro atoms. The molecule has 1 N–H and O–H groups in total. The quantitative estimate of drug-likeness (QED) is 0.0373. The molecule has 0 radical (unpaired) electrons. The second-order valence-corrected chi connectivity index (χ2v) is 19.3. The number of aliphatic hydroxyl groups excluding tert-OH is 1. The molecule has 0 saturated heterocycles. The van der Waals surface area contributed by atoms with Crippen LogP contribution >= 0.6 is 0 Å². The first-order valence-electron chi connectivity index (χ1n) is 29.4. The van der Waals surface area contributed by atoms with Gasteiger partial charge in [0.1, 0.15) is 6.61 Å². The number of esters is 2. The number of hydrogen-bond acceptors (Lipinski definition) is 5. The maximum Gasteiger partial charge on any atom is 0.306 e. The third kappa shape index (κ3) is 57.1. The molecule has 0 aromatic carbocycles. The van der Waals surface area contributed by atoms with Crippen LogP contribution in [0.2, 0.25) is 0 Å². The molecule has 0 saturated carbocycles. The molecule has 0 aliphatic heterocycles. The maximum absolute atomic E-state index is 12.3. The molecule has 0 aromatic heterocycles. The molecule has 5 heteroatoms. The zero-order valence-corrected chi connectivity index (χ0v) is 45.7. The molecule has 1 unspecified atom stereocenters. The van der Waals surface area contributed by atoms with Crippen molar-refractivity contribution in [2.75, 3.05) is 13.2 Å². The van der Waals surface area contributed by atoms with E-state index in [2.05, 4.69) is 123 Å². The smallest absolute Gasteiger partial charge is 0.306 e. The van der Waals surface area contributed by atoms with Gasteiger partial charge in [-0.05, 0) is 103 Å². The average molecular weight is 972 g/mol. The minimum absolute atomic E-state index is 0.0744. The molecule has 5 nitrogen and oxygen atoms in total. The maximum atomic E-state index is 12.3. The summed E-state index contributed by atoms with van der Waals surface area (Å²) in [6.07, 6.45) is 86.5. The van der Waals surface area contributed by atoms with Crippen molar-refractivity contribution in [2.45, 2.75) is 277 Å². The predicted octanol–water partition coefficient (Wildman–Crippen LogP) is 20.1. The summed E-state index contributed by atoms with van der Waals surface area (Å²) in [7, 11) is 0. The second-order valence-electron chi connectivity index (χ2n) is 19.3. The van der Waals surface area contributed by atoms with Crippen LogP contribution < -0.4 is 0 Å². The Morgan fingerprint density at radius 2 is 0.614 bits per heavy atom. The number of unbranched alkanes of at least 4 members (excludes halogenated alkanes) is 27. The summed E-state index contributed by atoms with van der Waals surface area (Å²) >= 11 is 0. The van der Waals surface area contributed by atoms with Crippen molar-refractivity contribution in [3.63, 3.8) is 0 Å². The van der Waals surface area contributed by atoms with Crippen molar-refractivity contribution in [2.24, 2.45) is 0 Å². The van der Waals surface area contributed by atoms with Crippen molar-refractivity contribution < 1.29 is 24.2 Å². The summed E-state index contributed by atoms with van der Waals surface area (Å²) in [6, 6.07) is 0. The summed E-state index contributed by atoms with van der Waals surface area (Å²) in [5, 5.41) is 9.63. The first-order valence-corrected chi connectivity index (χ1v) is 29.4. The van der Waals surface area contributed by atoms with Crippen LogP contribution in [0.5, 0.6) is 0 Å². The highest BCUT2D eigenvalue weighted by Crippen LogP contribution is 2.16. The zero-order valence-electron chi connectivity index (χ0n) is 45.7. The van der Waals surface area contributed by atoms with Crippen molar-refractivity contribution in [3.05, 3.63) is 109 Å². The van der Waals surface area contributed by atoms with Crippen LogP contribution in [0.15, 0.2) is 109 Å². The van der Waals surface area contributed by atoms with Gasteiger partial charge in [-0.25, -0.2) is 0 Å². The minimum Gasteiger partial charge on any atom is -0.462 e. The van der Waals surface area contributed by atoms with Gasteiger partial charge in [-0.3, -0.25) is 9.59 Å². The Labute approximate surface area is 433 Å². The third-order valence-corrected chi connectivity index (χ3v) is 12.6. The fourth-order valence-corrected chi connectivity index (χ4v) is 8.15. The molecule has 0 amide bonds. The fourth-order valence-electron chi connectivity index (χ4n) is 8.15. The van der Waals surface area contributed by atoms with Crippen molar-refractivity contribution >= 4 is 11.9 Å². The van der Waals surface area contributed by atoms with E-state index in [4.69, 9.17) is 9.47 Å². The molecular weight excluding hydrogens is 861 g/mol. The number of ether oxygens (including phenoxy) is 2. The lowest BCUT2D eigenvalue weighted by Crippen LogP contribution is -2.28. The lowest BCUT2D eigenvalue weighted by molar-refractivity contribution is -0.161. The number of rotatable bonds is 53. The minimum atomic E-state index is -0.781. The zero-order chi connectivity index (χ0) is 50.6. The average Bonchev–Trinajstić information content (AvgIpc) is 3.36. The Bertz CT molecular complexity index is 1380. The van der Waals surface area contributed by atoms with Gasteiger partial charge >= 0.3 is 11.9 Å². The van der Waals surface area contributed by atoms with E-state index in [9.17, 15) is 14.7 Å². The Balaban J connectivity index is 3.47. The molecule has 0 aliphatic rings. The van der Waals surface area contributed by atoms with Gasteiger partial charge in [-0.2, -0.15) is 0 Å². The summed E-state index contributed by atoms with van der Waals surface area (Å²) in [4.78, 5) is 24.5. The molecule has 1 atom stereocenters. The highest BCUT2D eigenvalue weighted by Gasteiger charge is 2.16. The molecule has 400 valence electrons. The van der Waals surface area contributed by atoms with E-state index in [1.165, 1.54) is 148 Å². The first-order chi connectivity index (χ1) is 34.6. The lowest BCUT2D eigenvalue weighted by atomic mass is 10.0. The topological polar surface area (TPSA) is 72.8 Å². The highest BCUT2D eigenvalue weighted by molar-refractivity contribution is 5.70. The molecule has 0 fully saturated rings. The monoisotopic (exact) mass is 971 g/mol. The van der Waals surface area contributed by atoms with E-state index in [1.54, 1.807) is 0 Å². The van der Waals surface area contributed by atoms with Gasteiger partial charge < -0.3 is 14.6 Å². The normalized spacial score (nSPS) is 13.0. The van der Waals surface area contributed by atoms with Crippen LogP contribution in [0.4, 0.5) is 0 Å². The predicted molar refractivity (Wildman–Crippen MR) is 306 cm³/mol. The van der Waals surface area contributed by atoms with E-state index in [0.29, 0.717) is 12.8 Å². The molecule has 0 heterocycles. The van der Waals surface area contributed by atoms with Crippen LogP contribution in [0.3, 0.4) is 0 Å². The van der Waals surface area contributed by atoms with Gasteiger partial charge in [0.05, 0.1) is 6.61 Å². The van der Waals surface area contributed by atoms with Crippen LogP contribution in [0.25, 0.3) is 0 Å². The Kier molecular flexibility index (Phi) is 56.9. The van der Waals surface area contributed by atoms with Crippen LogP contribution in [0.1, 0.15) is 271 Å². The summed E-state index contributed by atoms with van der Waals surface area (Å²) < 4.78 is 10.7. The van der Waals surface area contributed by atoms with Crippen LogP contribution in [0, 0.1) is 0 Å². The molecule has 70 heavy (non-hydrogen) atoms. The van der Waals surface area contributed by atoms with Crippen LogP contribution in [-0.2, 0) is 19.1 Å². The molecule has 0 aromatic rings. The summed E-state index contributed by atoms with van der Waals surface area (Å²) in [6.45, 7) is 4.00. The van der Waals surface area contributed by atoms with Gasteiger partial charge in [-0.1, -0.05) is 264 Å². The number of hydrogen-bond donors (Lipinski definition) is 1. The Morgan fingerprint density at radius 1 is 0.343 bits per heavy atom. The molecule has 0 aliphatic carbocycles. The first kappa shape index (κ1) is 66.6. The SMILES string of the molecule is CC/C=C\C/C=C\C/C=C\C/C=C\C/C=C\C/C=C\C/C=C\CCCCCCCCCCCCCCCCCCCCCC(=O)OC(CO)COC(=O)CCCCCCC/C=C\C/C=C\CCCCC. The summed E-state index contributed by atoms with van der Waals surface area (Å²) in [5.74, 6) is -0.603. The van der Waals surface area contributed by atoms with Gasteiger partial charge in [0.25, 0.3) is 0 Å². The summed E-state index contributed by atoms with van der Waals surface area (Å²) in [5.41, 5.74) is 0. The number of aliphatic hydroxyl groups is 1. The number of carbonyl (C=O) groups excluding carboxylic acids is 2. The van der Waals surface area contributed by atoms with Gasteiger partial charge in [0.15, 0.2) is 6.10 Å². The number of allylic oxidation sites excluding steroid dienone is 18. The van der Waals surface area contributed by atoms with E-state index >= 15 is 0 Å². The van der Waals surface area contributed by atoms with Crippen molar-refractivity contribution in [1.29, 1.82) is 0 Å². The molecular formula is C65H110O5. The Hall–Kier alpha value is -3.44. The van der Waals surface area contributed by atoms with E-state index in [-0.39, 0.29) is 25.2 Å². The highest BCUT2D eigenvalue weighted by atomic mass is 16.6. The van der Waals surface area contributed by atoms with Gasteiger partial charge in [0, 0.05) is 12.8 Å². The largest absolute Gasteiger partial charge is 0.462 e. The van der Waals surface area contributed by atoms with E-state index in [0.717, 1.165) is 96.3 Å². The second kappa shape index (κ2) is 59.9. The van der Waals surface area contributed by atoms with Gasteiger partial charge in [-0.15, -0.1) is 0 Å². The molecule has 0 rings (SSSR count). The van der Waals surface area contributed by atoms with E-state index < -0.39 is 6.10 Å². The number of carbonyl (C=O) groups is 2. The fraction of sp³-hybridized carbons (Fsp3) is 0.692. The Morgan fingerprint density at radius 3 is 0.929 bits per heavy atom. The van der Waals surface area contributed by atoms with Crippen molar-refractivity contribution in [3.8, 4) is 0 Å². The van der Waals surface area contributed by atoms with Crippen LogP contribution in [-0.4, -0.2) is 36.4 Å². The van der Waals surface area contributed by atoms with Gasteiger partial charge in [0.2, 0.25) is 0 Å². The van der Waals surface area contributed by atoms with E-state index in [1.807, 2.05) is 0 Å².